The van der Waals surface area contributed by atoms with Crippen LogP contribution >= 0.6 is 0 Å². The highest BCUT2D eigenvalue weighted by atomic mass is 16.5. The number of rotatable bonds is 19. The Morgan fingerprint density at radius 2 is 1.17 bits per heavy atom. The van der Waals surface area contributed by atoms with Gasteiger partial charge in [0.05, 0.1) is 19.8 Å². The van der Waals surface area contributed by atoms with Gasteiger partial charge in [-0.15, -0.1) is 0 Å². The molecule has 5 rings (SSSR count). The molecule has 4 aromatic carbocycles. The number of aromatic nitrogens is 3. The third kappa shape index (κ3) is 13.8. The Morgan fingerprint density at radius 3 is 1.79 bits per heavy atom. The van der Waals surface area contributed by atoms with E-state index in [4.69, 9.17) is 19.1 Å². The molecule has 1 amide bonds. The monoisotopic (exact) mass is 705 g/mol. The van der Waals surface area contributed by atoms with E-state index in [0.717, 1.165) is 11.1 Å². The SMILES string of the molecule is O=C(CCCOCCOCCNc1nc(Nc2ccc(O)cc2)nc(Nc2ccc(C(=O)NCc3ccccc3)cc2)n1)c1ccccc1.O=C=O. The molecule has 0 saturated carbocycles. The third-order valence-corrected chi connectivity index (χ3v) is 7.15. The smallest absolute Gasteiger partial charge is 0.373 e. The van der Waals surface area contributed by atoms with E-state index in [1.165, 1.54) is 0 Å². The molecule has 0 saturated heterocycles. The number of benzene rings is 4. The Hall–Kier alpha value is -6.47. The summed E-state index contributed by atoms with van der Waals surface area (Å²) in [5, 5.41) is 22.0. The van der Waals surface area contributed by atoms with Gasteiger partial charge in [-0.1, -0.05) is 60.7 Å². The van der Waals surface area contributed by atoms with E-state index < -0.39 is 0 Å². The summed E-state index contributed by atoms with van der Waals surface area (Å²) < 4.78 is 11.3. The molecule has 5 N–H and O–H groups in total. The Labute approximate surface area is 300 Å². The molecule has 0 unspecified atom stereocenters. The third-order valence-electron chi connectivity index (χ3n) is 7.15. The molecule has 0 bridgehead atoms. The highest BCUT2D eigenvalue weighted by molar-refractivity contribution is 5.96. The fraction of sp³-hybridized carbons (Fsp3) is 0.211. The van der Waals surface area contributed by atoms with Gasteiger partial charge in [-0.05, 0) is 60.5 Å². The van der Waals surface area contributed by atoms with Crippen molar-refractivity contribution in [3.05, 3.63) is 126 Å². The molecule has 1 aromatic heterocycles. The Kier molecular flexibility index (Phi) is 15.9. The van der Waals surface area contributed by atoms with Gasteiger partial charge in [0.25, 0.3) is 5.91 Å². The van der Waals surface area contributed by atoms with Crippen LogP contribution in [-0.4, -0.2) is 70.9 Å². The topological polar surface area (TPSA) is 194 Å². The van der Waals surface area contributed by atoms with Gasteiger partial charge in [0.1, 0.15) is 5.75 Å². The maximum Gasteiger partial charge on any atom is 0.373 e. The molecule has 1 heterocycles. The Morgan fingerprint density at radius 1 is 0.635 bits per heavy atom. The van der Waals surface area contributed by atoms with E-state index in [2.05, 4.69) is 36.2 Å². The summed E-state index contributed by atoms with van der Waals surface area (Å²) in [6.07, 6.45) is 1.35. The molecular formula is C38H39N7O7. The second kappa shape index (κ2) is 21.6. The van der Waals surface area contributed by atoms with Gasteiger partial charge in [-0.3, -0.25) is 9.59 Å². The van der Waals surface area contributed by atoms with Crippen LogP contribution in [0.3, 0.4) is 0 Å². The maximum atomic E-state index is 12.6. The number of ether oxygens (including phenoxy) is 2. The lowest BCUT2D eigenvalue weighted by Gasteiger charge is -2.12. The Bertz CT molecular complexity index is 1860. The predicted octanol–water partition coefficient (Wildman–Crippen LogP) is 5.52. The number of anilines is 5. The molecule has 0 radical (unpaired) electrons. The summed E-state index contributed by atoms with van der Waals surface area (Å²) in [5.41, 5.74) is 3.63. The van der Waals surface area contributed by atoms with E-state index in [0.29, 0.717) is 75.2 Å². The second-order valence-corrected chi connectivity index (χ2v) is 11.0. The first-order valence-corrected chi connectivity index (χ1v) is 16.4. The van der Waals surface area contributed by atoms with Gasteiger partial charge in [-0.25, -0.2) is 0 Å². The van der Waals surface area contributed by atoms with Gasteiger partial charge >= 0.3 is 6.15 Å². The van der Waals surface area contributed by atoms with Crippen molar-refractivity contribution in [3.8, 4) is 5.75 Å². The van der Waals surface area contributed by atoms with Gasteiger partial charge in [0, 0.05) is 48.6 Å². The number of aromatic hydroxyl groups is 1. The average molecular weight is 706 g/mol. The lowest BCUT2D eigenvalue weighted by atomic mass is 10.1. The lowest BCUT2D eigenvalue weighted by molar-refractivity contribution is -0.191. The highest BCUT2D eigenvalue weighted by Gasteiger charge is 2.10. The number of hydrogen-bond acceptors (Lipinski definition) is 13. The molecule has 5 aromatic rings. The summed E-state index contributed by atoms with van der Waals surface area (Å²) in [5.74, 6) is 0.960. The van der Waals surface area contributed by atoms with Crippen LogP contribution in [-0.2, 0) is 25.6 Å². The molecule has 14 nitrogen and oxygen atoms in total. The molecular weight excluding hydrogens is 666 g/mol. The van der Waals surface area contributed by atoms with Crippen LogP contribution in [0.4, 0.5) is 29.2 Å². The molecule has 14 heteroatoms. The van der Waals surface area contributed by atoms with Crippen LogP contribution in [0.1, 0.15) is 39.1 Å². The minimum atomic E-state index is -0.174. The van der Waals surface area contributed by atoms with Crippen LogP contribution in [0.15, 0.2) is 109 Å². The van der Waals surface area contributed by atoms with Gasteiger partial charge < -0.3 is 35.8 Å². The molecule has 0 aliphatic heterocycles. The van der Waals surface area contributed by atoms with E-state index in [9.17, 15) is 14.7 Å². The van der Waals surface area contributed by atoms with Gasteiger partial charge in [0.15, 0.2) is 5.78 Å². The average Bonchev–Trinajstić information content (AvgIpc) is 3.17. The van der Waals surface area contributed by atoms with Crippen molar-refractivity contribution >= 4 is 47.1 Å². The fourth-order valence-electron chi connectivity index (χ4n) is 4.62. The first kappa shape index (κ1) is 38.3. The summed E-state index contributed by atoms with van der Waals surface area (Å²) >= 11 is 0. The number of carbonyl (C=O) groups is 2. The first-order valence-electron chi connectivity index (χ1n) is 16.4. The quantitative estimate of drug-likeness (QED) is 0.0410. The molecule has 0 atom stereocenters. The normalized spacial score (nSPS) is 10.2. The fourth-order valence-corrected chi connectivity index (χ4v) is 4.62. The number of phenols is 1. The van der Waals surface area contributed by atoms with Crippen LogP contribution in [0, 0.1) is 0 Å². The van der Waals surface area contributed by atoms with Crippen molar-refractivity contribution in [2.45, 2.75) is 19.4 Å². The predicted molar refractivity (Wildman–Crippen MR) is 194 cm³/mol. The minimum absolute atomic E-state index is 0.113. The lowest BCUT2D eigenvalue weighted by Crippen LogP contribution is -2.22. The molecule has 268 valence electrons. The molecule has 0 aliphatic carbocycles. The number of nitrogens with zero attached hydrogens (tertiary/aromatic N) is 3. The highest BCUT2D eigenvalue weighted by Crippen LogP contribution is 2.21. The minimum Gasteiger partial charge on any atom is -0.508 e. The number of carbonyl (C=O) groups excluding carboxylic acids is 4. The molecule has 0 fully saturated rings. The van der Waals surface area contributed by atoms with Gasteiger partial charge in [0.2, 0.25) is 17.8 Å². The molecule has 0 spiro atoms. The number of ketones is 1. The van der Waals surface area contributed by atoms with Gasteiger partial charge in [-0.2, -0.15) is 24.5 Å². The largest absolute Gasteiger partial charge is 0.508 e. The van der Waals surface area contributed by atoms with E-state index in [1.807, 2.05) is 60.7 Å². The van der Waals surface area contributed by atoms with Crippen molar-refractivity contribution in [3.63, 3.8) is 0 Å². The van der Waals surface area contributed by atoms with Crippen LogP contribution in [0.5, 0.6) is 5.75 Å². The zero-order valence-electron chi connectivity index (χ0n) is 28.3. The van der Waals surface area contributed by atoms with Crippen molar-refractivity contribution in [1.29, 1.82) is 0 Å². The maximum absolute atomic E-state index is 12.6. The number of Topliss-reactive ketones (excluding diaryl/α,β-unsaturated/α-hetero) is 1. The van der Waals surface area contributed by atoms with Crippen molar-refractivity contribution < 1.29 is 33.8 Å². The van der Waals surface area contributed by atoms with Crippen LogP contribution in [0.25, 0.3) is 0 Å². The number of phenolic OH excluding ortho intramolecular Hbond substituents is 1. The van der Waals surface area contributed by atoms with E-state index >= 15 is 0 Å². The van der Waals surface area contributed by atoms with Crippen molar-refractivity contribution in [2.75, 3.05) is 48.9 Å². The summed E-state index contributed by atoms with van der Waals surface area (Å²) in [4.78, 5) is 54.5. The van der Waals surface area contributed by atoms with E-state index in [1.54, 1.807) is 48.5 Å². The zero-order valence-corrected chi connectivity index (χ0v) is 28.3. The summed E-state index contributed by atoms with van der Waals surface area (Å²) in [6, 6.07) is 32.5. The van der Waals surface area contributed by atoms with Crippen molar-refractivity contribution in [1.82, 2.24) is 20.3 Å². The number of amides is 1. The van der Waals surface area contributed by atoms with Crippen LogP contribution < -0.4 is 21.3 Å². The first-order chi connectivity index (χ1) is 25.4. The number of nitrogens with one attached hydrogen (secondary N) is 4. The van der Waals surface area contributed by atoms with Crippen LogP contribution in [0.2, 0.25) is 0 Å². The standard InChI is InChI=1S/C37H39N7O5.CO2/c45-32-19-17-31(18-20-32)41-37-43-35(38-21-23-49-25-24-48-22-7-12-33(46)28-10-5-2-6-11-28)42-36(44-37)40-30-15-13-29(14-16-30)34(47)39-26-27-8-3-1-4-9-27;2-1-3/h1-6,8-11,13-20,45H,7,12,21-26H2,(H,39,47)(H3,38,40,41,42,43,44);. The second-order valence-electron chi connectivity index (χ2n) is 11.0. The zero-order chi connectivity index (χ0) is 36.8. The molecule has 52 heavy (non-hydrogen) atoms. The van der Waals surface area contributed by atoms with E-state index in [-0.39, 0.29) is 35.5 Å². The summed E-state index contributed by atoms with van der Waals surface area (Å²) in [6.45, 7) is 2.58. The summed E-state index contributed by atoms with van der Waals surface area (Å²) in [7, 11) is 0. The molecule has 0 aliphatic rings. The Balaban J connectivity index is 0.00000195. The number of hydrogen-bond donors (Lipinski definition) is 5. The van der Waals surface area contributed by atoms with Crippen molar-refractivity contribution in [2.24, 2.45) is 0 Å².